The van der Waals surface area contributed by atoms with Crippen LogP contribution in [0.2, 0.25) is 0 Å². The average Bonchev–Trinajstić information content (AvgIpc) is 2.53. The lowest BCUT2D eigenvalue weighted by molar-refractivity contribution is 0.274. The smallest absolute Gasteiger partial charge is 0.119 e. The Hall–Kier alpha value is -1.47. The summed E-state index contributed by atoms with van der Waals surface area (Å²) in [7, 11) is 0. The lowest BCUT2D eigenvalue weighted by Gasteiger charge is -2.25. The first-order chi connectivity index (χ1) is 9.86. The van der Waals surface area contributed by atoms with Crippen molar-refractivity contribution in [3.05, 3.63) is 65.2 Å². The Morgan fingerprint density at radius 1 is 1.05 bits per heavy atom. The third-order valence-corrected chi connectivity index (χ3v) is 4.33. The molecule has 0 fully saturated rings. The Morgan fingerprint density at radius 3 is 2.65 bits per heavy atom. The lowest BCUT2D eigenvalue weighted by Crippen LogP contribution is -2.16. The summed E-state index contributed by atoms with van der Waals surface area (Å²) in [5.74, 6) is 2.01. The molecule has 0 spiro atoms. The number of benzene rings is 2. The van der Waals surface area contributed by atoms with E-state index in [9.17, 15) is 0 Å². The monoisotopic (exact) mass is 286 g/mol. The summed E-state index contributed by atoms with van der Waals surface area (Å²) in [5, 5.41) is 0. The maximum absolute atomic E-state index is 5.96. The van der Waals surface area contributed by atoms with Crippen molar-refractivity contribution < 1.29 is 4.74 Å². The van der Waals surface area contributed by atoms with Crippen molar-refractivity contribution in [3.63, 3.8) is 0 Å². The van der Waals surface area contributed by atoms with Gasteiger partial charge in [0.05, 0.1) is 6.61 Å². The van der Waals surface area contributed by atoms with Gasteiger partial charge >= 0.3 is 0 Å². The number of rotatable bonds is 4. The fourth-order valence-corrected chi connectivity index (χ4v) is 3.08. The van der Waals surface area contributed by atoms with E-state index in [1.165, 1.54) is 30.4 Å². The van der Waals surface area contributed by atoms with Crippen LogP contribution in [0.15, 0.2) is 48.5 Å². The van der Waals surface area contributed by atoms with Crippen molar-refractivity contribution in [2.75, 3.05) is 6.61 Å². The summed E-state index contributed by atoms with van der Waals surface area (Å²) >= 11 is 5.79. The lowest BCUT2D eigenvalue weighted by atomic mass is 9.83. The van der Waals surface area contributed by atoms with Crippen LogP contribution in [-0.4, -0.2) is 6.61 Å². The Labute approximate surface area is 125 Å². The van der Waals surface area contributed by atoms with Crippen molar-refractivity contribution in [3.8, 4) is 5.75 Å². The Balaban J connectivity index is 1.66. The Kier molecular flexibility index (Phi) is 4.27. The van der Waals surface area contributed by atoms with Gasteiger partial charge in [0.1, 0.15) is 5.75 Å². The molecule has 0 saturated carbocycles. The molecule has 0 bridgehead atoms. The predicted octanol–water partition coefficient (Wildman–Crippen LogP) is 4.92. The molecule has 104 valence electrons. The molecule has 0 amide bonds. The van der Waals surface area contributed by atoms with E-state index in [0.29, 0.717) is 11.8 Å². The van der Waals surface area contributed by atoms with Gasteiger partial charge in [-0.3, -0.25) is 0 Å². The van der Waals surface area contributed by atoms with Crippen molar-refractivity contribution in [2.45, 2.75) is 31.1 Å². The fourth-order valence-electron chi connectivity index (χ4n) is 2.90. The summed E-state index contributed by atoms with van der Waals surface area (Å²) < 4.78 is 5.96. The topological polar surface area (TPSA) is 9.23 Å². The summed E-state index contributed by atoms with van der Waals surface area (Å²) in [6.45, 7) is 0.761. The van der Waals surface area contributed by atoms with Gasteiger partial charge in [-0.1, -0.05) is 36.4 Å². The minimum Gasteiger partial charge on any atom is -0.493 e. The van der Waals surface area contributed by atoms with Crippen LogP contribution in [0.3, 0.4) is 0 Å². The molecule has 2 aromatic rings. The summed E-state index contributed by atoms with van der Waals surface area (Å²) in [6, 6.07) is 16.8. The molecule has 0 aromatic heterocycles. The molecule has 1 atom stereocenters. The van der Waals surface area contributed by atoms with Gasteiger partial charge in [0, 0.05) is 11.8 Å². The van der Waals surface area contributed by atoms with Gasteiger partial charge in [-0.25, -0.2) is 0 Å². The molecular formula is C18H19ClO. The van der Waals surface area contributed by atoms with E-state index in [1.807, 2.05) is 24.3 Å². The first-order valence-corrected chi connectivity index (χ1v) is 7.76. The number of ether oxygens (including phenoxy) is 1. The van der Waals surface area contributed by atoms with Crippen LogP contribution in [0.4, 0.5) is 0 Å². The van der Waals surface area contributed by atoms with Crippen LogP contribution < -0.4 is 4.74 Å². The number of hydrogen-bond donors (Lipinski definition) is 0. The van der Waals surface area contributed by atoms with Gasteiger partial charge < -0.3 is 4.74 Å². The molecule has 0 radical (unpaired) electrons. The molecule has 0 N–H and O–H groups in total. The molecule has 0 heterocycles. The van der Waals surface area contributed by atoms with Crippen LogP contribution in [0, 0.1) is 0 Å². The van der Waals surface area contributed by atoms with Gasteiger partial charge in [-0.15, -0.1) is 11.6 Å². The Morgan fingerprint density at radius 2 is 1.85 bits per heavy atom. The Bertz CT molecular complexity index is 562. The fraction of sp³-hybridized carbons (Fsp3) is 0.333. The molecule has 1 unspecified atom stereocenters. The van der Waals surface area contributed by atoms with E-state index in [1.54, 1.807) is 0 Å². The molecule has 1 aliphatic carbocycles. The van der Waals surface area contributed by atoms with E-state index < -0.39 is 0 Å². The maximum Gasteiger partial charge on any atom is 0.119 e. The molecule has 2 heteroatoms. The van der Waals surface area contributed by atoms with E-state index in [2.05, 4.69) is 24.3 Å². The SMILES string of the molecule is ClCc1ccc(OCC2CCCc3ccccc32)cc1. The summed E-state index contributed by atoms with van der Waals surface area (Å²) in [4.78, 5) is 0. The van der Waals surface area contributed by atoms with E-state index in [4.69, 9.17) is 16.3 Å². The van der Waals surface area contributed by atoms with Crippen LogP contribution in [0.1, 0.15) is 35.4 Å². The summed E-state index contributed by atoms with van der Waals surface area (Å²) in [5.41, 5.74) is 4.09. The highest BCUT2D eigenvalue weighted by atomic mass is 35.5. The van der Waals surface area contributed by atoms with Crippen molar-refractivity contribution in [1.82, 2.24) is 0 Å². The molecule has 3 rings (SSSR count). The molecule has 20 heavy (non-hydrogen) atoms. The van der Waals surface area contributed by atoms with Gasteiger partial charge in [-0.05, 0) is 48.1 Å². The number of aryl methyl sites for hydroxylation is 1. The molecule has 0 saturated heterocycles. The average molecular weight is 287 g/mol. The molecular weight excluding hydrogens is 268 g/mol. The second-order valence-corrected chi connectivity index (χ2v) is 5.64. The summed E-state index contributed by atoms with van der Waals surface area (Å²) in [6.07, 6.45) is 3.68. The zero-order chi connectivity index (χ0) is 13.8. The second-order valence-electron chi connectivity index (χ2n) is 5.38. The normalized spacial score (nSPS) is 17.6. The second kappa shape index (κ2) is 6.32. The molecule has 2 aromatic carbocycles. The zero-order valence-corrected chi connectivity index (χ0v) is 12.3. The van der Waals surface area contributed by atoms with E-state index in [-0.39, 0.29) is 0 Å². The number of fused-ring (bicyclic) bond motifs is 1. The maximum atomic E-state index is 5.96. The highest BCUT2D eigenvalue weighted by Crippen LogP contribution is 2.31. The third kappa shape index (κ3) is 2.99. The van der Waals surface area contributed by atoms with Crippen LogP contribution in [0.25, 0.3) is 0 Å². The van der Waals surface area contributed by atoms with Gasteiger partial charge in [-0.2, -0.15) is 0 Å². The van der Waals surface area contributed by atoms with Crippen molar-refractivity contribution in [2.24, 2.45) is 0 Å². The molecule has 1 nitrogen and oxygen atoms in total. The van der Waals surface area contributed by atoms with Gasteiger partial charge in [0.15, 0.2) is 0 Å². The zero-order valence-electron chi connectivity index (χ0n) is 11.5. The van der Waals surface area contributed by atoms with Gasteiger partial charge in [0.2, 0.25) is 0 Å². The van der Waals surface area contributed by atoms with E-state index in [0.717, 1.165) is 17.9 Å². The predicted molar refractivity (Wildman–Crippen MR) is 83.6 cm³/mol. The minimum atomic E-state index is 0.521. The number of alkyl halides is 1. The third-order valence-electron chi connectivity index (χ3n) is 4.02. The standard InChI is InChI=1S/C18H19ClO/c19-12-14-8-10-17(11-9-14)20-13-16-6-3-5-15-4-1-2-7-18(15)16/h1-2,4,7-11,16H,3,5-6,12-13H2. The molecule has 1 aliphatic rings. The minimum absolute atomic E-state index is 0.521. The van der Waals surface area contributed by atoms with Gasteiger partial charge in [0.25, 0.3) is 0 Å². The van der Waals surface area contributed by atoms with Crippen LogP contribution in [-0.2, 0) is 12.3 Å². The number of hydrogen-bond acceptors (Lipinski definition) is 1. The number of halogens is 1. The van der Waals surface area contributed by atoms with Crippen molar-refractivity contribution in [1.29, 1.82) is 0 Å². The largest absolute Gasteiger partial charge is 0.493 e. The molecule has 0 aliphatic heterocycles. The van der Waals surface area contributed by atoms with Crippen LogP contribution in [0.5, 0.6) is 5.75 Å². The quantitative estimate of drug-likeness (QED) is 0.725. The van der Waals surface area contributed by atoms with Crippen LogP contribution >= 0.6 is 11.6 Å². The first kappa shape index (κ1) is 13.5. The first-order valence-electron chi connectivity index (χ1n) is 7.22. The van der Waals surface area contributed by atoms with Crippen molar-refractivity contribution >= 4 is 11.6 Å². The highest BCUT2D eigenvalue weighted by molar-refractivity contribution is 6.17. The van der Waals surface area contributed by atoms with E-state index >= 15 is 0 Å². The highest BCUT2D eigenvalue weighted by Gasteiger charge is 2.20.